The lowest BCUT2D eigenvalue weighted by atomic mass is 9.89. The highest BCUT2D eigenvalue weighted by Crippen LogP contribution is 2.21. The number of carbonyl (C=O) groups excluding carboxylic acids is 1. The maximum Gasteiger partial charge on any atom is 0.165 e. The van der Waals surface area contributed by atoms with E-state index in [0.29, 0.717) is 5.78 Å². The van der Waals surface area contributed by atoms with Crippen LogP contribution in [0.15, 0.2) is 18.2 Å². The largest absolute Gasteiger partial charge is 0.294 e. The lowest BCUT2D eigenvalue weighted by molar-refractivity contribution is 0.0905. The Kier molecular flexibility index (Phi) is 5.40. The van der Waals surface area contributed by atoms with Crippen LogP contribution in [0.25, 0.3) is 0 Å². The second-order valence-electron chi connectivity index (χ2n) is 4.94. The van der Waals surface area contributed by atoms with E-state index in [9.17, 15) is 4.79 Å². The first-order valence-electron chi connectivity index (χ1n) is 6.71. The molecule has 0 N–H and O–H groups in total. The molecule has 0 unspecified atom stereocenters. The normalized spacial score (nSPS) is 10.9. The fraction of sp³-hybridized carbons (Fsp3) is 0.562. The molecular weight excluding hydrogens is 208 g/mol. The molecule has 1 aromatic rings. The molecule has 0 saturated carbocycles. The Balaban J connectivity index is 2.88. The van der Waals surface area contributed by atoms with Crippen LogP contribution in [-0.4, -0.2) is 5.78 Å². The first-order valence-corrected chi connectivity index (χ1v) is 6.71. The first kappa shape index (κ1) is 14.0. The van der Waals surface area contributed by atoms with E-state index in [-0.39, 0.29) is 5.92 Å². The Hall–Kier alpha value is -1.11. The van der Waals surface area contributed by atoms with Gasteiger partial charge in [0, 0.05) is 11.5 Å². The molecule has 0 saturated heterocycles. The minimum absolute atomic E-state index is 0.215. The Morgan fingerprint density at radius 2 is 1.65 bits per heavy atom. The highest BCUT2D eigenvalue weighted by Gasteiger charge is 2.18. The number of carbonyl (C=O) groups is 1. The van der Waals surface area contributed by atoms with E-state index in [1.165, 1.54) is 11.1 Å². The number of Topliss-reactive ketones (excluding diaryl/α,β-unsaturated/α-hetero) is 1. The first-order chi connectivity index (χ1) is 8.10. The molecular formula is C16H24O. The van der Waals surface area contributed by atoms with Gasteiger partial charge in [0.1, 0.15) is 0 Å². The van der Waals surface area contributed by atoms with Gasteiger partial charge in [0.05, 0.1) is 0 Å². The van der Waals surface area contributed by atoms with Gasteiger partial charge in [-0.05, 0) is 43.9 Å². The number of rotatable bonds is 6. The van der Waals surface area contributed by atoms with Gasteiger partial charge in [0.2, 0.25) is 0 Å². The summed E-state index contributed by atoms with van der Waals surface area (Å²) in [6.07, 6.45) is 4.20. The fourth-order valence-electron chi connectivity index (χ4n) is 2.23. The topological polar surface area (TPSA) is 17.1 Å². The van der Waals surface area contributed by atoms with Crippen molar-refractivity contribution in [3.05, 3.63) is 34.9 Å². The van der Waals surface area contributed by atoms with Crippen LogP contribution in [0, 0.1) is 19.8 Å². The molecule has 0 bridgehead atoms. The summed E-state index contributed by atoms with van der Waals surface area (Å²) in [5.74, 6) is 0.545. The molecule has 1 nitrogen and oxygen atoms in total. The van der Waals surface area contributed by atoms with E-state index in [1.807, 2.05) is 12.1 Å². The van der Waals surface area contributed by atoms with E-state index < -0.39 is 0 Å². The van der Waals surface area contributed by atoms with E-state index in [1.54, 1.807) is 0 Å². The van der Waals surface area contributed by atoms with Crippen LogP contribution in [0.1, 0.15) is 61.0 Å². The fourth-order valence-corrected chi connectivity index (χ4v) is 2.23. The van der Waals surface area contributed by atoms with Crippen LogP contribution in [0.2, 0.25) is 0 Å². The summed E-state index contributed by atoms with van der Waals surface area (Å²) in [7, 11) is 0. The second-order valence-corrected chi connectivity index (χ2v) is 4.94. The summed E-state index contributed by atoms with van der Waals surface area (Å²) in [4.78, 5) is 12.4. The van der Waals surface area contributed by atoms with Crippen molar-refractivity contribution in [2.45, 2.75) is 53.4 Å². The summed E-state index contributed by atoms with van der Waals surface area (Å²) in [5, 5.41) is 0. The summed E-state index contributed by atoms with van der Waals surface area (Å²) < 4.78 is 0. The molecule has 0 aliphatic heterocycles. The molecule has 0 radical (unpaired) electrons. The zero-order chi connectivity index (χ0) is 12.8. The third kappa shape index (κ3) is 3.69. The van der Waals surface area contributed by atoms with Crippen LogP contribution >= 0.6 is 0 Å². The summed E-state index contributed by atoms with van der Waals surface area (Å²) in [6, 6.07) is 6.07. The standard InChI is InChI=1S/C16H24O/c1-5-7-14(8-6-2)16(17)15-10-9-12(3)13(4)11-15/h9-11,14H,5-8H2,1-4H3. The van der Waals surface area contributed by atoms with Gasteiger partial charge in [0.15, 0.2) is 5.78 Å². The summed E-state index contributed by atoms with van der Waals surface area (Å²) >= 11 is 0. The van der Waals surface area contributed by atoms with E-state index in [2.05, 4.69) is 33.8 Å². The summed E-state index contributed by atoms with van der Waals surface area (Å²) in [6.45, 7) is 8.45. The summed E-state index contributed by atoms with van der Waals surface area (Å²) in [5.41, 5.74) is 3.35. The second kappa shape index (κ2) is 6.58. The maximum absolute atomic E-state index is 12.4. The maximum atomic E-state index is 12.4. The van der Waals surface area contributed by atoms with Gasteiger partial charge >= 0.3 is 0 Å². The van der Waals surface area contributed by atoms with Gasteiger partial charge in [-0.25, -0.2) is 0 Å². The third-order valence-electron chi connectivity index (χ3n) is 3.44. The number of ketones is 1. The number of aryl methyl sites for hydroxylation is 2. The SMILES string of the molecule is CCCC(CCC)C(=O)c1ccc(C)c(C)c1. The minimum Gasteiger partial charge on any atom is -0.294 e. The minimum atomic E-state index is 0.215. The van der Waals surface area contributed by atoms with Gasteiger partial charge in [-0.2, -0.15) is 0 Å². The number of hydrogen-bond donors (Lipinski definition) is 0. The quantitative estimate of drug-likeness (QED) is 0.650. The molecule has 0 fully saturated rings. The Labute approximate surface area is 105 Å². The molecule has 0 heterocycles. The van der Waals surface area contributed by atoms with Crippen LogP contribution in [0.4, 0.5) is 0 Å². The molecule has 0 aliphatic carbocycles. The zero-order valence-electron chi connectivity index (χ0n) is 11.5. The van der Waals surface area contributed by atoms with E-state index in [4.69, 9.17) is 0 Å². The van der Waals surface area contributed by atoms with Crippen molar-refractivity contribution >= 4 is 5.78 Å². The lowest BCUT2D eigenvalue weighted by Gasteiger charge is -2.14. The van der Waals surface area contributed by atoms with Gasteiger partial charge in [-0.3, -0.25) is 4.79 Å². The molecule has 94 valence electrons. The van der Waals surface area contributed by atoms with Gasteiger partial charge in [0.25, 0.3) is 0 Å². The molecule has 0 aliphatic rings. The Morgan fingerprint density at radius 3 is 2.12 bits per heavy atom. The highest BCUT2D eigenvalue weighted by atomic mass is 16.1. The smallest absolute Gasteiger partial charge is 0.165 e. The van der Waals surface area contributed by atoms with Crippen LogP contribution in [0.3, 0.4) is 0 Å². The Morgan fingerprint density at radius 1 is 1.06 bits per heavy atom. The monoisotopic (exact) mass is 232 g/mol. The lowest BCUT2D eigenvalue weighted by Crippen LogP contribution is -2.14. The molecule has 0 aromatic heterocycles. The number of benzene rings is 1. The molecule has 0 spiro atoms. The molecule has 17 heavy (non-hydrogen) atoms. The average Bonchev–Trinajstić information content (AvgIpc) is 2.31. The van der Waals surface area contributed by atoms with Crippen molar-refractivity contribution in [2.75, 3.05) is 0 Å². The predicted molar refractivity (Wildman–Crippen MR) is 73.6 cm³/mol. The van der Waals surface area contributed by atoms with Gasteiger partial charge in [-0.1, -0.05) is 38.8 Å². The van der Waals surface area contributed by atoms with E-state index in [0.717, 1.165) is 31.2 Å². The molecule has 1 heteroatoms. The van der Waals surface area contributed by atoms with Crippen molar-refractivity contribution in [1.29, 1.82) is 0 Å². The molecule has 1 aromatic carbocycles. The average molecular weight is 232 g/mol. The van der Waals surface area contributed by atoms with Crippen LogP contribution in [-0.2, 0) is 0 Å². The van der Waals surface area contributed by atoms with Gasteiger partial charge in [-0.15, -0.1) is 0 Å². The predicted octanol–water partition coefficient (Wildman–Crippen LogP) is 4.70. The van der Waals surface area contributed by atoms with Crippen molar-refractivity contribution in [3.8, 4) is 0 Å². The number of hydrogen-bond acceptors (Lipinski definition) is 1. The Bertz CT molecular complexity index is 373. The van der Waals surface area contributed by atoms with Gasteiger partial charge < -0.3 is 0 Å². The zero-order valence-corrected chi connectivity index (χ0v) is 11.5. The molecule has 0 atom stereocenters. The van der Waals surface area contributed by atoms with Crippen molar-refractivity contribution in [3.63, 3.8) is 0 Å². The molecule has 0 amide bonds. The van der Waals surface area contributed by atoms with Crippen molar-refractivity contribution in [2.24, 2.45) is 5.92 Å². The van der Waals surface area contributed by atoms with Crippen molar-refractivity contribution < 1.29 is 4.79 Å². The van der Waals surface area contributed by atoms with Crippen LogP contribution < -0.4 is 0 Å². The third-order valence-corrected chi connectivity index (χ3v) is 3.44. The highest BCUT2D eigenvalue weighted by molar-refractivity contribution is 5.98. The molecule has 1 rings (SSSR count). The van der Waals surface area contributed by atoms with Crippen molar-refractivity contribution in [1.82, 2.24) is 0 Å². The van der Waals surface area contributed by atoms with E-state index >= 15 is 0 Å². The van der Waals surface area contributed by atoms with Crippen LogP contribution in [0.5, 0.6) is 0 Å².